The zero-order valence-electron chi connectivity index (χ0n) is 9.35. The molecule has 1 N–H and O–H groups in total. The molecule has 5 heteroatoms. The minimum atomic E-state index is -0.562. The monoisotopic (exact) mass is 233 g/mol. The fourth-order valence-electron chi connectivity index (χ4n) is 1.35. The van der Waals surface area contributed by atoms with Gasteiger partial charge in [0.25, 0.3) is 0 Å². The van der Waals surface area contributed by atoms with E-state index in [1.165, 1.54) is 12.4 Å². The topological polar surface area (TPSA) is 47.0 Å². The number of ether oxygens (including phenoxy) is 1. The molecule has 17 heavy (non-hydrogen) atoms. The maximum atomic E-state index is 12.8. The molecular formula is C12H12FN3O. The largest absolute Gasteiger partial charge is 0.494 e. The summed E-state index contributed by atoms with van der Waals surface area (Å²) in [6, 6.07) is 8.58. The van der Waals surface area contributed by atoms with Crippen molar-refractivity contribution in [2.45, 2.75) is 6.92 Å². The van der Waals surface area contributed by atoms with Gasteiger partial charge in [0.15, 0.2) is 0 Å². The van der Waals surface area contributed by atoms with Crippen LogP contribution in [0, 0.1) is 5.95 Å². The summed E-state index contributed by atoms with van der Waals surface area (Å²) in [5.74, 6) is 0.655. The molecule has 88 valence electrons. The number of hydrogen-bond donors (Lipinski definition) is 1. The smallest absolute Gasteiger partial charge is 0.218 e. The van der Waals surface area contributed by atoms with E-state index in [2.05, 4.69) is 15.3 Å². The maximum Gasteiger partial charge on any atom is 0.218 e. The van der Waals surface area contributed by atoms with Gasteiger partial charge >= 0.3 is 0 Å². The normalized spacial score (nSPS) is 10.0. The van der Waals surface area contributed by atoms with Gasteiger partial charge in [0.1, 0.15) is 17.9 Å². The zero-order valence-corrected chi connectivity index (χ0v) is 9.35. The van der Waals surface area contributed by atoms with E-state index in [4.69, 9.17) is 4.74 Å². The third kappa shape index (κ3) is 3.14. The molecule has 0 atom stereocenters. The van der Waals surface area contributed by atoms with Gasteiger partial charge in [-0.25, -0.2) is 9.97 Å². The quantitative estimate of drug-likeness (QED) is 0.825. The summed E-state index contributed by atoms with van der Waals surface area (Å²) in [6.07, 6.45) is 1.17. The molecule has 0 bridgehead atoms. The molecule has 0 saturated carbocycles. The molecule has 0 amide bonds. The van der Waals surface area contributed by atoms with Crippen LogP contribution < -0.4 is 10.1 Å². The van der Waals surface area contributed by atoms with Gasteiger partial charge in [-0.15, -0.1) is 0 Å². The Morgan fingerprint density at radius 1 is 1.24 bits per heavy atom. The Bertz CT molecular complexity index is 487. The number of nitrogens with zero attached hydrogens (tertiary/aromatic N) is 2. The van der Waals surface area contributed by atoms with Crippen molar-refractivity contribution in [1.82, 2.24) is 9.97 Å². The van der Waals surface area contributed by atoms with Crippen molar-refractivity contribution in [2.75, 3.05) is 11.9 Å². The number of rotatable bonds is 4. The van der Waals surface area contributed by atoms with Crippen LogP contribution in [0.25, 0.3) is 0 Å². The number of anilines is 2. The second-order valence-electron chi connectivity index (χ2n) is 3.31. The average molecular weight is 233 g/mol. The molecule has 0 radical (unpaired) electrons. The molecular weight excluding hydrogens is 221 g/mol. The highest BCUT2D eigenvalue weighted by Gasteiger charge is 1.99. The van der Waals surface area contributed by atoms with Crippen molar-refractivity contribution >= 4 is 11.5 Å². The lowest BCUT2D eigenvalue weighted by Gasteiger charge is -2.06. The van der Waals surface area contributed by atoms with Gasteiger partial charge in [-0.1, -0.05) is 0 Å². The van der Waals surface area contributed by atoms with Crippen LogP contribution in [0.3, 0.4) is 0 Å². The Labute approximate surface area is 98.5 Å². The summed E-state index contributed by atoms with van der Waals surface area (Å²) in [5.41, 5.74) is 0.812. The fraction of sp³-hybridized carbons (Fsp3) is 0.167. The SMILES string of the molecule is CCOc1ccc(Nc2cc(F)ncn2)cc1. The number of benzene rings is 1. The second-order valence-corrected chi connectivity index (χ2v) is 3.31. The van der Waals surface area contributed by atoms with Crippen LogP contribution in [0.1, 0.15) is 6.92 Å². The molecule has 1 aromatic carbocycles. The standard InChI is InChI=1S/C12H12FN3O/c1-2-17-10-5-3-9(4-6-10)16-12-7-11(13)14-8-15-12/h3-8H,2H2,1H3,(H,14,15,16). The maximum absolute atomic E-state index is 12.8. The number of hydrogen-bond acceptors (Lipinski definition) is 4. The Hall–Kier alpha value is -2.17. The number of nitrogens with one attached hydrogen (secondary N) is 1. The first-order chi connectivity index (χ1) is 8.28. The van der Waals surface area contributed by atoms with E-state index in [0.29, 0.717) is 12.4 Å². The van der Waals surface area contributed by atoms with Crippen molar-refractivity contribution < 1.29 is 9.13 Å². The average Bonchev–Trinajstić information content (AvgIpc) is 2.32. The first-order valence-electron chi connectivity index (χ1n) is 5.25. The molecule has 0 aliphatic heterocycles. The van der Waals surface area contributed by atoms with Gasteiger partial charge in [-0.3, -0.25) is 0 Å². The molecule has 0 aliphatic carbocycles. The van der Waals surface area contributed by atoms with E-state index in [1.807, 2.05) is 31.2 Å². The lowest BCUT2D eigenvalue weighted by molar-refractivity contribution is 0.340. The van der Waals surface area contributed by atoms with Crippen LogP contribution in [0.4, 0.5) is 15.9 Å². The molecule has 2 rings (SSSR count). The predicted octanol–water partition coefficient (Wildman–Crippen LogP) is 2.76. The third-order valence-corrected chi connectivity index (χ3v) is 2.07. The first-order valence-corrected chi connectivity index (χ1v) is 5.25. The summed E-state index contributed by atoms with van der Waals surface area (Å²) < 4.78 is 18.1. The summed E-state index contributed by atoms with van der Waals surface area (Å²) in [7, 11) is 0. The Kier molecular flexibility index (Phi) is 3.49. The van der Waals surface area contributed by atoms with Gasteiger partial charge < -0.3 is 10.1 Å². The van der Waals surface area contributed by atoms with E-state index in [-0.39, 0.29) is 0 Å². The lowest BCUT2D eigenvalue weighted by Crippen LogP contribution is -1.96. The summed E-state index contributed by atoms with van der Waals surface area (Å²) in [6.45, 7) is 2.56. The highest BCUT2D eigenvalue weighted by Crippen LogP contribution is 2.18. The molecule has 0 saturated heterocycles. The van der Waals surface area contributed by atoms with Crippen LogP contribution in [0.15, 0.2) is 36.7 Å². The van der Waals surface area contributed by atoms with Gasteiger partial charge in [-0.05, 0) is 31.2 Å². The van der Waals surface area contributed by atoms with Crippen molar-refractivity contribution in [1.29, 1.82) is 0 Å². The summed E-state index contributed by atoms with van der Waals surface area (Å²) in [5, 5.41) is 2.97. The van der Waals surface area contributed by atoms with E-state index in [9.17, 15) is 4.39 Å². The van der Waals surface area contributed by atoms with Crippen LogP contribution in [0.5, 0.6) is 5.75 Å². The number of halogens is 1. The Morgan fingerprint density at radius 3 is 2.65 bits per heavy atom. The zero-order chi connectivity index (χ0) is 12.1. The van der Waals surface area contributed by atoms with Crippen molar-refractivity contribution in [3.8, 4) is 5.75 Å². The molecule has 0 fully saturated rings. The van der Waals surface area contributed by atoms with Gasteiger partial charge in [0.2, 0.25) is 5.95 Å². The minimum Gasteiger partial charge on any atom is -0.494 e. The van der Waals surface area contributed by atoms with Gasteiger partial charge in [-0.2, -0.15) is 4.39 Å². The van der Waals surface area contributed by atoms with E-state index < -0.39 is 5.95 Å². The van der Waals surface area contributed by atoms with Crippen molar-refractivity contribution in [2.24, 2.45) is 0 Å². The molecule has 1 heterocycles. The van der Waals surface area contributed by atoms with Gasteiger partial charge in [0.05, 0.1) is 6.61 Å². The van der Waals surface area contributed by atoms with Crippen molar-refractivity contribution in [3.63, 3.8) is 0 Å². The fourth-order valence-corrected chi connectivity index (χ4v) is 1.35. The third-order valence-electron chi connectivity index (χ3n) is 2.07. The molecule has 2 aromatic rings. The predicted molar refractivity (Wildman–Crippen MR) is 62.9 cm³/mol. The van der Waals surface area contributed by atoms with Crippen LogP contribution in [-0.4, -0.2) is 16.6 Å². The second kappa shape index (κ2) is 5.25. The van der Waals surface area contributed by atoms with E-state index >= 15 is 0 Å². The number of aromatic nitrogens is 2. The summed E-state index contributed by atoms with van der Waals surface area (Å²) in [4.78, 5) is 7.28. The lowest BCUT2D eigenvalue weighted by atomic mass is 10.3. The Morgan fingerprint density at radius 2 is 2.00 bits per heavy atom. The van der Waals surface area contributed by atoms with Crippen molar-refractivity contribution in [3.05, 3.63) is 42.6 Å². The molecule has 0 aliphatic rings. The van der Waals surface area contributed by atoms with E-state index in [0.717, 1.165) is 11.4 Å². The first kappa shape index (κ1) is 11.3. The summed E-state index contributed by atoms with van der Waals surface area (Å²) >= 11 is 0. The molecule has 4 nitrogen and oxygen atoms in total. The highest BCUT2D eigenvalue weighted by atomic mass is 19.1. The molecule has 0 unspecified atom stereocenters. The minimum absolute atomic E-state index is 0.418. The van der Waals surface area contributed by atoms with E-state index in [1.54, 1.807) is 0 Å². The van der Waals surface area contributed by atoms with Crippen LogP contribution >= 0.6 is 0 Å². The Balaban J connectivity index is 2.08. The molecule has 1 aromatic heterocycles. The molecule has 0 spiro atoms. The van der Waals surface area contributed by atoms with Crippen LogP contribution in [-0.2, 0) is 0 Å². The van der Waals surface area contributed by atoms with Gasteiger partial charge in [0, 0.05) is 11.8 Å². The highest BCUT2D eigenvalue weighted by molar-refractivity contribution is 5.56. The van der Waals surface area contributed by atoms with Crippen LogP contribution in [0.2, 0.25) is 0 Å².